The smallest absolute Gasteiger partial charge is 0.328 e. The van der Waals surface area contributed by atoms with E-state index in [0.717, 1.165) is 22.9 Å². The number of rotatable bonds is 4. The van der Waals surface area contributed by atoms with Crippen LogP contribution in [0.3, 0.4) is 0 Å². The minimum atomic E-state index is -1.04. The maximum Gasteiger partial charge on any atom is 0.328 e. The number of benzene rings is 2. The first-order valence-corrected chi connectivity index (χ1v) is 7.98. The van der Waals surface area contributed by atoms with Crippen molar-refractivity contribution in [2.45, 2.75) is 13.0 Å². The lowest BCUT2D eigenvalue weighted by Gasteiger charge is -2.20. The van der Waals surface area contributed by atoms with Crippen LogP contribution < -0.4 is 4.90 Å². The van der Waals surface area contributed by atoms with Gasteiger partial charge in [-0.25, -0.2) is 4.79 Å². The Balaban J connectivity index is 2.00. The number of nitrogens with zero attached hydrogens (tertiary/aromatic N) is 1. The molecule has 1 aliphatic rings. The first-order chi connectivity index (χ1) is 11.5. The average Bonchev–Trinajstić information content (AvgIpc) is 2.84. The van der Waals surface area contributed by atoms with Crippen LogP contribution in [0.15, 0.2) is 42.5 Å². The van der Waals surface area contributed by atoms with Crippen molar-refractivity contribution >= 4 is 46.8 Å². The predicted molar refractivity (Wildman–Crippen MR) is 94.5 cm³/mol. The standard InChI is InChI=1S/C18H13Cl2NO3/c19-14-6-4-13(15(20)9-14)10-21-16(22)8-12-3-1-2-11(18(12)21)5-7-17(23)24/h1-7,9H,8,10H2,(H,23,24). The summed E-state index contributed by atoms with van der Waals surface area (Å²) in [4.78, 5) is 24.8. The number of hydrogen-bond donors (Lipinski definition) is 1. The summed E-state index contributed by atoms with van der Waals surface area (Å²) in [5.41, 5.74) is 3.06. The quantitative estimate of drug-likeness (QED) is 0.831. The molecule has 1 heterocycles. The van der Waals surface area contributed by atoms with Crippen molar-refractivity contribution in [2.24, 2.45) is 0 Å². The molecule has 0 aliphatic carbocycles. The van der Waals surface area contributed by atoms with E-state index >= 15 is 0 Å². The Bertz CT molecular complexity index is 861. The maximum atomic E-state index is 12.4. The summed E-state index contributed by atoms with van der Waals surface area (Å²) in [5.74, 6) is -1.09. The highest BCUT2D eigenvalue weighted by atomic mass is 35.5. The van der Waals surface area contributed by atoms with E-state index in [9.17, 15) is 9.59 Å². The Kier molecular flexibility index (Phi) is 4.60. The van der Waals surface area contributed by atoms with Crippen molar-refractivity contribution in [3.63, 3.8) is 0 Å². The summed E-state index contributed by atoms with van der Waals surface area (Å²) >= 11 is 12.1. The van der Waals surface area contributed by atoms with E-state index < -0.39 is 5.97 Å². The average molecular weight is 362 g/mol. The Labute approximate surface area is 148 Å². The van der Waals surface area contributed by atoms with Crippen LogP contribution in [0.25, 0.3) is 6.08 Å². The van der Waals surface area contributed by atoms with Gasteiger partial charge >= 0.3 is 5.97 Å². The van der Waals surface area contributed by atoms with Crippen LogP contribution in [0.2, 0.25) is 10.0 Å². The third-order valence-corrected chi connectivity index (χ3v) is 4.40. The number of para-hydroxylation sites is 1. The largest absolute Gasteiger partial charge is 0.478 e. The number of carbonyl (C=O) groups excluding carboxylic acids is 1. The summed E-state index contributed by atoms with van der Waals surface area (Å²) < 4.78 is 0. The molecule has 0 radical (unpaired) electrons. The Hall–Kier alpha value is -2.30. The molecule has 0 saturated carbocycles. The molecule has 1 N–H and O–H groups in total. The highest BCUT2D eigenvalue weighted by Crippen LogP contribution is 2.35. The molecule has 24 heavy (non-hydrogen) atoms. The van der Waals surface area contributed by atoms with Gasteiger partial charge < -0.3 is 10.0 Å². The van der Waals surface area contributed by atoms with E-state index in [2.05, 4.69) is 0 Å². The summed E-state index contributed by atoms with van der Waals surface area (Å²) in [6.45, 7) is 0.305. The molecule has 0 unspecified atom stereocenters. The number of fused-ring (bicyclic) bond motifs is 1. The van der Waals surface area contributed by atoms with Crippen LogP contribution in [0.4, 0.5) is 5.69 Å². The van der Waals surface area contributed by atoms with Crippen molar-refractivity contribution in [2.75, 3.05) is 4.90 Å². The molecular formula is C18H13Cl2NO3. The fourth-order valence-electron chi connectivity index (χ4n) is 2.75. The van der Waals surface area contributed by atoms with Gasteiger partial charge in [-0.2, -0.15) is 0 Å². The maximum absolute atomic E-state index is 12.4. The second-order valence-corrected chi connectivity index (χ2v) is 6.26. The number of anilines is 1. The molecule has 0 fully saturated rings. The van der Waals surface area contributed by atoms with Crippen LogP contribution in [-0.4, -0.2) is 17.0 Å². The van der Waals surface area contributed by atoms with Crippen LogP contribution in [0, 0.1) is 0 Å². The Morgan fingerprint density at radius 1 is 1.25 bits per heavy atom. The zero-order chi connectivity index (χ0) is 17.3. The van der Waals surface area contributed by atoms with E-state index in [1.54, 1.807) is 29.2 Å². The van der Waals surface area contributed by atoms with Gasteiger partial charge in [-0.3, -0.25) is 4.79 Å². The van der Waals surface area contributed by atoms with Gasteiger partial charge in [-0.1, -0.05) is 47.5 Å². The minimum Gasteiger partial charge on any atom is -0.478 e. The Morgan fingerprint density at radius 2 is 2.04 bits per heavy atom. The molecule has 3 rings (SSSR count). The van der Waals surface area contributed by atoms with Crippen molar-refractivity contribution in [3.8, 4) is 0 Å². The number of hydrogen-bond acceptors (Lipinski definition) is 2. The van der Waals surface area contributed by atoms with Crippen LogP contribution in [0.5, 0.6) is 0 Å². The normalized spacial score (nSPS) is 13.6. The van der Waals surface area contributed by atoms with Crippen molar-refractivity contribution in [1.29, 1.82) is 0 Å². The highest BCUT2D eigenvalue weighted by Gasteiger charge is 2.29. The minimum absolute atomic E-state index is 0.0489. The molecule has 0 atom stereocenters. The summed E-state index contributed by atoms with van der Waals surface area (Å²) in [6, 6.07) is 10.6. The van der Waals surface area contributed by atoms with Gasteiger partial charge in [0.2, 0.25) is 5.91 Å². The van der Waals surface area contributed by atoms with E-state index in [1.165, 1.54) is 6.08 Å². The van der Waals surface area contributed by atoms with Gasteiger partial charge in [0.1, 0.15) is 0 Å². The van der Waals surface area contributed by atoms with Gasteiger partial charge in [0, 0.05) is 16.1 Å². The van der Waals surface area contributed by atoms with Crippen molar-refractivity contribution in [3.05, 3.63) is 69.2 Å². The lowest BCUT2D eigenvalue weighted by Crippen LogP contribution is -2.26. The first-order valence-electron chi connectivity index (χ1n) is 7.23. The van der Waals surface area contributed by atoms with E-state index in [0.29, 0.717) is 22.2 Å². The first kappa shape index (κ1) is 16.6. The molecule has 0 aromatic heterocycles. The van der Waals surface area contributed by atoms with Gasteiger partial charge in [-0.15, -0.1) is 0 Å². The Morgan fingerprint density at radius 3 is 2.75 bits per heavy atom. The number of amides is 1. The lowest BCUT2D eigenvalue weighted by atomic mass is 10.1. The fraction of sp³-hybridized carbons (Fsp3) is 0.111. The number of carboxylic acids is 1. The summed E-state index contributed by atoms with van der Waals surface area (Å²) in [5, 5.41) is 9.86. The lowest BCUT2D eigenvalue weighted by molar-refractivity contribution is -0.131. The van der Waals surface area contributed by atoms with E-state index in [4.69, 9.17) is 28.3 Å². The number of halogens is 2. The molecule has 122 valence electrons. The van der Waals surface area contributed by atoms with Gasteiger partial charge in [0.05, 0.1) is 18.7 Å². The molecule has 0 saturated heterocycles. The summed E-state index contributed by atoms with van der Waals surface area (Å²) in [7, 11) is 0. The van der Waals surface area contributed by atoms with Crippen LogP contribution >= 0.6 is 23.2 Å². The zero-order valence-electron chi connectivity index (χ0n) is 12.5. The molecule has 6 heteroatoms. The SMILES string of the molecule is O=C(O)C=Cc1cccc2c1N(Cc1ccc(Cl)cc1Cl)C(=O)C2. The molecule has 1 aliphatic heterocycles. The van der Waals surface area contributed by atoms with Crippen LogP contribution in [0.1, 0.15) is 16.7 Å². The molecule has 4 nitrogen and oxygen atoms in total. The third-order valence-electron chi connectivity index (χ3n) is 3.81. The van der Waals surface area contributed by atoms with Gasteiger partial charge in [-0.05, 0) is 34.9 Å². The summed E-state index contributed by atoms with van der Waals surface area (Å²) in [6.07, 6.45) is 2.84. The van der Waals surface area contributed by atoms with Gasteiger partial charge in [0.25, 0.3) is 0 Å². The predicted octanol–water partition coefficient (Wildman–Crippen LogP) is 4.18. The van der Waals surface area contributed by atoms with Crippen LogP contribution in [-0.2, 0) is 22.6 Å². The third kappa shape index (κ3) is 3.30. The zero-order valence-corrected chi connectivity index (χ0v) is 14.0. The number of carboxylic acid groups (broad SMARTS) is 1. The molecule has 0 spiro atoms. The second kappa shape index (κ2) is 6.67. The number of aliphatic carboxylic acids is 1. The second-order valence-electron chi connectivity index (χ2n) is 5.42. The fourth-order valence-corrected chi connectivity index (χ4v) is 3.22. The molecule has 2 aromatic rings. The van der Waals surface area contributed by atoms with E-state index in [1.807, 2.05) is 12.1 Å². The van der Waals surface area contributed by atoms with Gasteiger partial charge in [0.15, 0.2) is 0 Å². The monoisotopic (exact) mass is 361 g/mol. The molecule has 0 bridgehead atoms. The highest BCUT2D eigenvalue weighted by molar-refractivity contribution is 6.35. The van der Waals surface area contributed by atoms with Crippen molar-refractivity contribution < 1.29 is 14.7 Å². The molecule has 1 amide bonds. The molecule has 2 aromatic carbocycles. The van der Waals surface area contributed by atoms with E-state index in [-0.39, 0.29) is 12.3 Å². The molecular weight excluding hydrogens is 349 g/mol. The number of carbonyl (C=O) groups is 2. The topological polar surface area (TPSA) is 57.6 Å². The van der Waals surface area contributed by atoms with Crippen molar-refractivity contribution in [1.82, 2.24) is 0 Å².